The first kappa shape index (κ1) is 12.9. The Morgan fingerprint density at radius 3 is 2.88 bits per heavy atom. The Morgan fingerprint density at radius 1 is 1.50 bits per heavy atom. The van der Waals surface area contributed by atoms with E-state index in [4.69, 9.17) is 10.5 Å². The minimum atomic E-state index is 0.106. The predicted octanol–water partition coefficient (Wildman–Crippen LogP) is 1.80. The molecule has 3 heteroatoms. The lowest BCUT2D eigenvalue weighted by Crippen LogP contribution is -2.11. The van der Waals surface area contributed by atoms with Crippen LogP contribution in [-0.4, -0.2) is 25.5 Å². The molecule has 0 amide bonds. The van der Waals surface area contributed by atoms with Crippen molar-refractivity contribution in [1.82, 2.24) is 0 Å². The quantitative estimate of drug-likeness (QED) is 0.745. The zero-order valence-electron chi connectivity index (χ0n) is 9.90. The highest BCUT2D eigenvalue weighted by Crippen LogP contribution is 2.10. The molecule has 1 atom stereocenters. The molecule has 0 aliphatic rings. The van der Waals surface area contributed by atoms with Gasteiger partial charge in [0.05, 0.1) is 6.10 Å². The minimum Gasteiger partial charge on any atom is -0.381 e. The molecule has 1 aromatic rings. The molecule has 1 aromatic carbocycles. The van der Waals surface area contributed by atoms with E-state index in [-0.39, 0.29) is 11.9 Å². The molecule has 0 saturated carbocycles. The average Bonchev–Trinajstić information content (AvgIpc) is 2.29. The van der Waals surface area contributed by atoms with Crippen molar-refractivity contribution in [3.05, 3.63) is 35.4 Å². The molecule has 0 bridgehead atoms. The fraction of sp³-hybridized carbons (Fsp3) is 0.462. The van der Waals surface area contributed by atoms with E-state index in [0.717, 1.165) is 17.5 Å². The van der Waals surface area contributed by atoms with E-state index in [1.165, 1.54) is 0 Å². The number of hydrogen-bond acceptors (Lipinski definition) is 3. The van der Waals surface area contributed by atoms with Gasteiger partial charge in [0, 0.05) is 19.1 Å². The molecule has 0 heterocycles. The second-order valence-electron chi connectivity index (χ2n) is 3.91. The van der Waals surface area contributed by atoms with Crippen LogP contribution in [0.2, 0.25) is 0 Å². The summed E-state index contributed by atoms with van der Waals surface area (Å²) in [6.45, 7) is 2.41. The fourth-order valence-electron chi connectivity index (χ4n) is 1.56. The number of ketones is 1. The molecule has 0 spiro atoms. The van der Waals surface area contributed by atoms with Crippen LogP contribution in [0.15, 0.2) is 24.3 Å². The van der Waals surface area contributed by atoms with Crippen molar-refractivity contribution < 1.29 is 9.53 Å². The molecule has 0 aromatic heterocycles. The molecule has 0 fully saturated rings. The molecule has 1 rings (SSSR count). The molecular weight excluding hydrogens is 202 g/mol. The molecular formula is C13H19NO2. The second-order valence-corrected chi connectivity index (χ2v) is 3.91. The third kappa shape index (κ3) is 3.76. The van der Waals surface area contributed by atoms with Gasteiger partial charge in [-0.05, 0) is 31.5 Å². The summed E-state index contributed by atoms with van der Waals surface area (Å²) in [4.78, 5) is 11.6. The number of ether oxygens (including phenoxy) is 1. The SMILES string of the molecule is COC(C)Cc1cccc(C(=O)CCN)c1. The molecule has 3 nitrogen and oxygen atoms in total. The summed E-state index contributed by atoms with van der Waals surface area (Å²) >= 11 is 0. The number of Topliss-reactive ketones (excluding diaryl/α,β-unsaturated/α-hetero) is 1. The van der Waals surface area contributed by atoms with Gasteiger partial charge in [-0.1, -0.05) is 18.2 Å². The summed E-state index contributed by atoms with van der Waals surface area (Å²) < 4.78 is 5.20. The van der Waals surface area contributed by atoms with E-state index in [1.54, 1.807) is 7.11 Å². The normalized spacial score (nSPS) is 12.4. The van der Waals surface area contributed by atoms with Crippen LogP contribution in [-0.2, 0) is 11.2 Å². The van der Waals surface area contributed by atoms with Crippen LogP contribution in [0.3, 0.4) is 0 Å². The van der Waals surface area contributed by atoms with Crippen molar-refractivity contribution in [2.24, 2.45) is 5.73 Å². The van der Waals surface area contributed by atoms with Crippen LogP contribution >= 0.6 is 0 Å². The summed E-state index contributed by atoms with van der Waals surface area (Å²) in [5, 5.41) is 0. The molecule has 0 aliphatic carbocycles. The van der Waals surface area contributed by atoms with Crippen LogP contribution < -0.4 is 5.73 Å². The molecule has 16 heavy (non-hydrogen) atoms. The number of methoxy groups -OCH3 is 1. The Kier molecular flexibility index (Phi) is 5.15. The first-order valence-electron chi connectivity index (χ1n) is 5.52. The maximum atomic E-state index is 11.6. The second kappa shape index (κ2) is 6.40. The van der Waals surface area contributed by atoms with Gasteiger partial charge in [-0.25, -0.2) is 0 Å². The molecule has 2 N–H and O–H groups in total. The molecule has 0 saturated heterocycles. The number of hydrogen-bond donors (Lipinski definition) is 1. The summed E-state index contributed by atoms with van der Waals surface area (Å²) in [7, 11) is 1.69. The smallest absolute Gasteiger partial charge is 0.164 e. The van der Waals surface area contributed by atoms with Gasteiger partial charge in [0.1, 0.15) is 0 Å². The summed E-state index contributed by atoms with van der Waals surface area (Å²) in [6.07, 6.45) is 1.39. The highest BCUT2D eigenvalue weighted by Gasteiger charge is 2.07. The van der Waals surface area contributed by atoms with Gasteiger partial charge in [-0.15, -0.1) is 0 Å². The first-order chi connectivity index (χ1) is 7.67. The lowest BCUT2D eigenvalue weighted by atomic mass is 10.0. The highest BCUT2D eigenvalue weighted by molar-refractivity contribution is 5.96. The largest absolute Gasteiger partial charge is 0.381 e. The van der Waals surface area contributed by atoms with Crippen molar-refractivity contribution in [3.8, 4) is 0 Å². The Hall–Kier alpha value is -1.19. The van der Waals surface area contributed by atoms with E-state index >= 15 is 0 Å². The Balaban J connectivity index is 2.74. The third-order valence-electron chi connectivity index (χ3n) is 2.55. The van der Waals surface area contributed by atoms with Gasteiger partial charge >= 0.3 is 0 Å². The Labute approximate surface area is 96.6 Å². The predicted molar refractivity (Wildman–Crippen MR) is 64.6 cm³/mol. The van der Waals surface area contributed by atoms with E-state index in [1.807, 2.05) is 31.2 Å². The summed E-state index contributed by atoms with van der Waals surface area (Å²) in [6, 6.07) is 7.67. The first-order valence-corrected chi connectivity index (χ1v) is 5.52. The summed E-state index contributed by atoms with van der Waals surface area (Å²) in [5.74, 6) is 0.106. The maximum absolute atomic E-state index is 11.6. The molecule has 1 unspecified atom stereocenters. The Bertz CT molecular complexity index is 350. The molecule has 0 radical (unpaired) electrons. The van der Waals surface area contributed by atoms with Crippen LogP contribution in [0.5, 0.6) is 0 Å². The lowest BCUT2D eigenvalue weighted by molar-refractivity contribution is 0.0984. The van der Waals surface area contributed by atoms with Crippen molar-refractivity contribution in [2.75, 3.05) is 13.7 Å². The fourth-order valence-corrected chi connectivity index (χ4v) is 1.56. The zero-order valence-corrected chi connectivity index (χ0v) is 9.90. The Morgan fingerprint density at radius 2 is 2.25 bits per heavy atom. The van der Waals surface area contributed by atoms with Crippen LogP contribution in [0.25, 0.3) is 0 Å². The summed E-state index contributed by atoms with van der Waals surface area (Å²) in [5.41, 5.74) is 7.23. The van der Waals surface area contributed by atoms with Crippen molar-refractivity contribution in [1.29, 1.82) is 0 Å². The van der Waals surface area contributed by atoms with Gasteiger partial charge in [0.2, 0.25) is 0 Å². The van der Waals surface area contributed by atoms with E-state index < -0.39 is 0 Å². The van der Waals surface area contributed by atoms with E-state index in [0.29, 0.717) is 13.0 Å². The van der Waals surface area contributed by atoms with Gasteiger partial charge in [-0.3, -0.25) is 4.79 Å². The van der Waals surface area contributed by atoms with Gasteiger partial charge in [0.15, 0.2) is 5.78 Å². The topological polar surface area (TPSA) is 52.3 Å². The van der Waals surface area contributed by atoms with Crippen LogP contribution in [0, 0.1) is 0 Å². The van der Waals surface area contributed by atoms with E-state index in [9.17, 15) is 4.79 Å². The minimum absolute atomic E-state index is 0.106. The number of carbonyl (C=O) groups is 1. The standard InChI is InChI=1S/C13H19NO2/c1-10(16-2)8-11-4-3-5-12(9-11)13(15)6-7-14/h3-5,9-10H,6-8,14H2,1-2H3. The number of nitrogens with two attached hydrogens (primary N) is 1. The third-order valence-corrected chi connectivity index (χ3v) is 2.55. The van der Waals surface area contributed by atoms with E-state index in [2.05, 4.69) is 0 Å². The van der Waals surface area contributed by atoms with Gasteiger partial charge in [-0.2, -0.15) is 0 Å². The number of benzene rings is 1. The lowest BCUT2D eigenvalue weighted by Gasteiger charge is -2.10. The number of rotatable bonds is 6. The average molecular weight is 221 g/mol. The number of carbonyl (C=O) groups excluding carboxylic acids is 1. The highest BCUT2D eigenvalue weighted by atomic mass is 16.5. The zero-order chi connectivity index (χ0) is 12.0. The van der Waals surface area contributed by atoms with Crippen LogP contribution in [0.4, 0.5) is 0 Å². The van der Waals surface area contributed by atoms with Crippen molar-refractivity contribution in [3.63, 3.8) is 0 Å². The van der Waals surface area contributed by atoms with Gasteiger partial charge in [0.25, 0.3) is 0 Å². The molecule has 0 aliphatic heterocycles. The molecule has 88 valence electrons. The van der Waals surface area contributed by atoms with Gasteiger partial charge < -0.3 is 10.5 Å². The van der Waals surface area contributed by atoms with Crippen molar-refractivity contribution in [2.45, 2.75) is 25.9 Å². The van der Waals surface area contributed by atoms with Crippen LogP contribution in [0.1, 0.15) is 29.3 Å². The monoisotopic (exact) mass is 221 g/mol. The maximum Gasteiger partial charge on any atom is 0.164 e. The van der Waals surface area contributed by atoms with Crippen molar-refractivity contribution >= 4 is 5.78 Å².